The average Bonchev–Trinajstić information content (AvgIpc) is 2.40. The number of fused-ring (bicyclic) bond motifs is 1. The van der Waals surface area contributed by atoms with E-state index in [0.29, 0.717) is 30.3 Å². The molecule has 88 valence electrons. The first kappa shape index (κ1) is 11.7. The molecular formula is C15H22O. The van der Waals surface area contributed by atoms with Crippen LogP contribution >= 0.6 is 0 Å². The third kappa shape index (κ3) is 2.46. The van der Waals surface area contributed by atoms with E-state index in [0.717, 1.165) is 6.42 Å². The minimum Gasteiger partial charge on any atom is -0.396 e. The first-order chi connectivity index (χ1) is 7.83. The summed E-state index contributed by atoms with van der Waals surface area (Å²) in [5.41, 5.74) is 0. The second-order valence-electron chi connectivity index (χ2n) is 5.13. The molecule has 0 heterocycles. The second kappa shape index (κ2) is 5.49. The lowest BCUT2D eigenvalue weighted by Crippen LogP contribution is -2.28. The van der Waals surface area contributed by atoms with Gasteiger partial charge in [0.15, 0.2) is 0 Å². The van der Waals surface area contributed by atoms with Crippen molar-refractivity contribution >= 4 is 0 Å². The molecule has 0 saturated heterocycles. The topological polar surface area (TPSA) is 20.2 Å². The molecule has 0 aromatic rings. The molecule has 0 aromatic carbocycles. The zero-order valence-corrected chi connectivity index (χ0v) is 10.0. The van der Waals surface area contributed by atoms with Gasteiger partial charge in [-0.15, -0.1) is 0 Å². The highest BCUT2D eigenvalue weighted by Crippen LogP contribution is 2.36. The van der Waals surface area contributed by atoms with Crippen LogP contribution in [0, 0.1) is 23.7 Å². The van der Waals surface area contributed by atoms with Crippen LogP contribution in [0.25, 0.3) is 0 Å². The summed E-state index contributed by atoms with van der Waals surface area (Å²) in [5.74, 6) is 2.24. The molecule has 0 fully saturated rings. The van der Waals surface area contributed by atoms with Crippen LogP contribution in [0.5, 0.6) is 0 Å². The molecule has 1 heteroatoms. The van der Waals surface area contributed by atoms with Crippen LogP contribution in [0.3, 0.4) is 0 Å². The fourth-order valence-electron chi connectivity index (χ4n) is 2.98. The molecule has 0 aliphatic heterocycles. The van der Waals surface area contributed by atoms with E-state index >= 15 is 0 Å². The average molecular weight is 218 g/mol. The summed E-state index contributed by atoms with van der Waals surface area (Å²) < 4.78 is 0. The summed E-state index contributed by atoms with van der Waals surface area (Å²) in [6.07, 6.45) is 16.9. The van der Waals surface area contributed by atoms with Gasteiger partial charge in [-0.3, -0.25) is 0 Å². The Morgan fingerprint density at radius 3 is 2.62 bits per heavy atom. The van der Waals surface area contributed by atoms with Crippen molar-refractivity contribution in [2.45, 2.75) is 26.2 Å². The Morgan fingerprint density at radius 1 is 1.12 bits per heavy atom. The highest BCUT2D eigenvalue weighted by Gasteiger charge is 2.30. The van der Waals surface area contributed by atoms with Gasteiger partial charge in [-0.25, -0.2) is 0 Å². The molecule has 2 aliphatic carbocycles. The smallest absolute Gasteiger partial charge is 0.0468 e. The van der Waals surface area contributed by atoms with Crippen LogP contribution in [0.4, 0.5) is 0 Å². The van der Waals surface area contributed by atoms with Crippen LogP contribution in [0.2, 0.25) is 0 Å². The zero-order chi connectivity index (χ0) is 11.4. The lowest BCUT2D eigenvalue weighted by Gasteiger charge is -2.33. The van der Waals surface area contributed by atoms with E-state index in [9.17, 15) is 5.11 Å². The fourth-order valence-corrected chi connectivity index (χ4v) is 2.98. The van der Waals surface area contributed by atoms with E-state index in [-0.39, 0.29) is 0 Å². The molecule has 16 heavy (non-hydrogen) atoms. The van der Waals surface area contributed by atoms with Crippen molar-refractivity contribution in [3.05, 3.63) is 36.5 Å². The Kier molecular flexibility index (Phi) is 4.00. The zero-order valence-electron chi connectivity index (χ0n) is 10.0. The van der Waals surface area contributed by atoms with Crippen molar-refractivity contribution in [3.63, 3.8) is 0 Å². The van der Waals surface area contributed by atoms with E-state index in [1.54, 1.807) is 0 Å². The van der Waals surface area contributed by atoms with Gasteiger partial charge in [0, 0.05) is 6.61 Å². The first-order valence-electron chi connectivity index (χ1n) is 6.43. The molecule has 0 aromatic heterocycles. The van der Waals surface area contributed by atoms with Crippen LogP contribution in [-0.4, -0.2) is 11.7 Å². The largest absolute Gasteiger partial charge is 0.396 e. The van der Waals surface area contributed by atoms with E-state index in [1.165, 1.54) is 12.8 Å². The molecule has 0 amide bonds. The Hall–Kier alpha value is -0.820. The normalized spacial score (nSPS) is 40.6. The summed E-state index contributed by atoms with van der Waals surface area (Å²) >= 11 is 0. The van der Waals surface area contributed by atoms with Gasteiger partial charge in [0.05, 0.1) is 0 Å². The van der Waals surface area contributed by atoms with Crippen molar-refractivity contribution in [1.82, 2.24) is 0 Å². The van der Waals surface area contributed by atoms with E-state index in [2.05, 4.69) is 43.4 Å². The highest BCUT2D eigenvalue weighted by molar-refractivity contribution is 5.16. The fraction of sp³-hybridized carbons (Fsp3) is 0.600. The Morgan fingerprint density at radius 2 is 1.88 bits per heavy atom. The Bertz CT molecular complexity index is 301. The quantitative estimate of drug-likeness (QED) is 0.669. The predicted octanol–water partition coefficient (Wildman–Crippen LogP) is 3.33. The van der Waals surface area contributed by atoms with Crippen LogP contribution in [0.1, 0.15) is 26.2 Å². The van der Waals surface area contributed by atoms with Gasteiger partial charge in [-0.2, -0.15) is 0 Å². The lowest BCUT2D eigenvalue weighted by molar-refractivity contribution is 0.156. The van der Waals surface area contributed by atoms with E-state index in [4.69, 9.17) is 0 Å². The van der Waals surface area contributed by atoms with Gasteiger partial charge >= 0.3 is 0 Å². The van der Waals surface area contributed by atoms with Crippen LogP contribution < -0.4 is 0 Å². The van der Waals surface area contributed by atoms with Gasteiger partial charge in [-0.1, -0.05) is 43.4 Å². The third-order valence-electron chi connectivity index (χ3n) is 4.05. The third-order valence-corrected chi connectivity index (χ3v) is 4.05. The van der Waals surface area contributed by atoms with Crippen molar-refractivity contribution in [2.24, 2.45) is 23.7 Å². The molecule has 1 N–H and O–H groups in total. The molecule has 1 nitrogen and oxygen atoms in total. The summed E-state index contributed by atoms with van der Waals surface area (Å²) in [5, 5.41) is 9.53. The monoisotopic (exact) mass is 218 g/mol. The van der Waals surface area contributed by atoms with Crippen molar-refractivity contribution in [1.29, 1.82) is 0 Å². The first-order valence-corrected chi connectivity index (χ1v) is 6.43. The summed E-state index contributed by atoms with van der Waals surface area (Å²) in [6.45, 7) is 2.64. The molecule has 3 unspecified atom stereocenters. The van der Waals surface area contributed by atoms with Crippen molar-refractivity contribution in [2.75, 3.05) is 6.61 Å². The number of rotatable bonds is 1. The Balaban J connectivity index is 2.21. The lowest BCUT2D eigenvalue weighted by atomic mass is 9.72. The minimum atomic E-state index is 0.302. The Labute approximate surface area is 98.6 Å². The standard InChI is InChI=1S/C15H22O/c1-12-7-3-2-4-8-13(11-16)15-10-6-5-9-14(12)15/h2,4-6,9-10,12-16H,3,7-8,11H2,1H3/b4-2-/t12?,13?,14?,15-/m1/s1. The number of hydrogen-bond acceptors (Lipinski definition) is 1. The molecule has 2 aliphatic rings. The second-order valence-corrected chi connectivity index (χ2v) is 5.13. The van der Waals surface area contributed by atoms with Crippen LogP contribution in [-0.2, 0) is 0 Å². The van der Waals surface area contributed by atoms with Crippen LogP contribution in [0.15, 0.2) is 36.5 Å². The number of hydrogen-bond donors (Lipinski definition) is 1. The number of aliphatic hydroxyl groups excluding tert-OH is 1. The maximum absolute atomic E-state index is 9.53. The number of aliphatic hydroxyl groups is 1. The van der Waals surface area contributed by atoms with Crippen molar-refractivity contribution < 1.29 is 5.11 Å². The summed E-state index contributed by atoms with van der Waals surface area (Å²) in [6, 6.07) is 0. The molecular weight excluding hydrogens is 196 g/mol. The van der Waals surface area contributed by atoms with Crippen molar-refractivity contribution in [3.8, 4) is 0 Å². The maximum Gasteiger partial charge on any atom is 0.0468 e. The van der Waals surface area contributed by atoms with Gasteiger partial charge in [0.25, 0.3) is 0 Å². The highest BCUT2D eigenvalue weighted by atomic mass is 16.3. The van der Waals surface area contributed by atoms with Gasteiger partial charge < -0.3 is 5.11 Å². The SMILES string of the molecule is CC1CC/C=C\CC(CO)[C@H]2C=CC=CC12. The molecule has 0 spiro atoms. The minimum absolute atomic E-state index is 0.302. The molecule has 0 radical (unpaired) electrons. The van der Waals surface area contributed by atoms with E-state index in [1.807, 2.05) is 0 Å². The molecule has 2 rings (SSSR count). The van der Waals surface area contributed by atoms with E-state index < -0.39 is 0 Å². The number of allylic oxidation sites excluding steroid dienone is 6. The summed E-state index contributed by atoms with van der Waals surface area (Å²) in [7, 11) is 0. The van der Waals surface area contributed by atoms with Gasteiger partial charge in [-0.05, 0) is 42.9 Å². The molecule has 4 atom stereocenters. The molecule has 0 saturated carbocycles. The maximum atomic E-state index is 9.53. The summed E-state index contributed by atoms with van der Waals surface area (Å²) in [4.78, 5) is 0. The van der Waals surface area contributed by atoms with Gasteiger partial charge in [0.2, 0.25) is 0 Å². The predicted molar refractivity (Wildman–Crippen MR) is 68.0 cm³/mol. The molecule has 0 bridgehead atoms. The van der Waals surface area contributed by atoms with Gasteiger partial charge in [0.1, 0.15) is 0 Å².